The summed E-state index contributed by atoms with van der Waals surface area (Å²) in [5, 5.41) is 36.5. The zero-order valence-electron chi connectivity index (χ0n) is 46.5. The number of unbranched alkanes of at least 4 members (excludes halogenated alkanes) is 6. The summed E-state index contributed by atoms with van der Waals surface area (Å²) < 4.78 is 59.9. The van der Waals surface area contributed by atoms with Crippen LogP contribution in [0.4, 0.5) is 0 Å². The lowest BCUT2D eigenvalue weighted by Crippen LogP contribution is -2.61. The molecule has 2 aromatic carbocycles. The molecule has 26 nitrogen and oxygen atoms in total. The molecule has 0 saturated carbocycles. The lowest BCUT2D eigenvalue weighted by molar-refractivity contribution is -0.264. The molecule has 10 atom stereocenters. The molecular weight excluding hydrogens is 1220 g/mol. The molecule has 3 aliphatic rings. The number of aromatic nitrogens is 6. The van der Waals surface area contributed by atoms with Crippen LogP contribution in [0.15, 0.2) is 57.7 Å². The van der Waals surface area contributed by atoms with Crippen molar-refractivity contribution < 1.29 is 95.9 Å². The van der Waals surface area contributed by atoms with Crippen LogP contribution in [-0.2, 0) is 104 Å². The summed E-state index contributed by atoms with van der Waals surface area (Å²) in [6.45, 7) is 7.35. The number of hydrogen-bond donors (Lipinski definition) is 2. The molecule has 0 unspecified atom stereocenters. The van der Waals surface area contributed by atoms with Gasteiger partial charge in [0.1, 0.15) is 11.4 Å². The highest BCUT2D eigenvalue weighted by atomic mass is 79.9. The van der Waals surface area contributed by atoms with Crippen molar-refractivity contribution in [3.63, 3.8) is 0 Å². The monoisotopic (exact) mass is 1290 g/mol. The number of carbonyl (C=O) groups is 8. The fourth-order valence-electron chi connectivity index (χ4n) is 10.8. The Bertz CT molecular complexity index is 2790. The van der Waals surface area contributed by atoms with Crippen molar-refractivity contribution in [2.24, 2.45) is 0 Å². The summed E-state index contributed by atoms with van der Waals surface area (Å²) in [7, 11) is 0. The second-order valence-electron chi connectivity index (χ2n) is 20.3. The molecule has 0 spiro atoms. The summed E-state index contributed by atoms with van der Waals surface area (Å²) in [4.78, 5) is 97.3. The zero-order chi connectivity index (χ0) is 60.1. The van der Waals surface area contributed by atoms with Crippen LogP contribution in [0, 0.1) is 0 Å². The maximum atomic E-state index is 12.3. The number of carboxylic acid groups (broad SMARTS) is 2. The molecule has 1 aliphatic carbocycles. The Morgan fingerprint density at radius 3 is 1.18 bits per heavy atom. The second kappa shape index (κ2) is 29.2. The van der Waals surface area contributed by atoms with Crippen LogP contribution in [-0.4, -0.2) is 150 Å². The third kappa shape index (κ3) is 16.3. The van der Waals surface area contributed by atoms with Crippen molar-refractivity contribution in [2.45, 2.75) is 186 Å². The fraction of sp³-hybridized carbons (Fsp3) is 0.564. The first-order chi connectivity index (χ1) is 39.6. The van der Waals surface area contributed by atoms with Crippen molar-refractivity contribution in [3.05, 3.63) is 80.3 Å². The molecule has 4 heterocycles. The molecule has 0 bridgehead atoms. The van der Waals surface area contributed by atoms with E-state index in [1.54, 1.807) is 0 Å². The summed E-state index contributed by atoms with van der Waals surface area (Å²) in [6.07, 6.45) is -4.14. The Labute approximate surface area is 493 Å². The molecule has 0 radical (unpaired) electrons. The predicted octanol–water partition coefficient (Wildman–Crippen LogP) is 6.55. The largest absolute Gasteiger partial charge is 0.479 e. The molecular formula is C55H66Br2N6O20. The van der Waals surface area contributed by atoms with E-state index in [1.807, 2.05) is 0 Å². The number of benzene rings is 2. The maximum Gasteiger partial charge on any atom is 0.337 e. The molecule has 2 N–H and O–H groups in total. The van der Waals surface area contributed by atoms with Crippen LogP contribution >= 0.6 is 31.9 Å². The average molecular weight is 1290 g/mol. The lowest BCUT2D eigenvalue weighted by atomic mass is 9.70. The SMILES string of the molecule is CC(=O)O[C@@H]1[C@@H](OC(C)=O)[C@H](n2cc(COCCCCCCC3(CCCCCCOCc4cn([C@@H]5O[C@@H](C(=O)O)[C@H](OC(C)=O)[C@@H](OC(C)=O)[C@@H]5OC(C)=O)nn4)c4cc(Br)ccc4-c4ccc(Br)cc43)nn2)O[C@H](C(=O)O)[C@H]1OC(C)=O. The van der Waals surface area contributed by atoms with Gasteiger partial charge < -0.3 is 57.6 Å². The van der Waals surface area contributed by atoms with Crippen LogP contribution < -0.4 is 0 Å². The van der Waals surface area contributed by atoms with Gasteiger partial charge in [-0.1, -0.05) is 92.9 Å². The number of aliphatic carboxylic acids is 2. The Balaban J connectivity index is 0.910. The maximum absolute atomic E-state index is 12.3. The third-order valence-electron chi connectivity index (χ3n) is 14.0. The number of hydrogen-bond acceptors (Lipinski definition) is 22. The number of carboxylic acids is 2. The quantitative estimate of drug-likeness (QED) is 0.0346. The number of carbonyl (C=O) groups excluding carboxylic acids is 6. The number of nitrogens with zero attached hydrogens (tertiary/aromatic N) is 6. The smallest absolute Gasteiger partial charge is 0.337 e. The second-order valence-corrected chi connectivity index (χ2v) is 22.1. The Kier molecular flexibility index (Phi) is 22.5. The van der Waals surface area contributed by atoms with E-state index in [-0.39, 0.29) is 18.6 Å². The summed E-state index contributed by atoms with van der Waals surface area (Å²) >= 11 is 7.51. The number of halogens is 2. The van der Waals surface area contributed by atoms with E-state index >= 15 is 0 Å². The molecule has 7 rings (SSSR count). The highest BCUT2D eigenvalue weighted by Gasteiger charge is 2.57. The normalized spacial score (nSPS) is 23.2. The topological polar surface area (TPSA) is 331 Å². The number of esters is 6. The van der Waals surface area contributed by atoms with Gasteiger partial charge in [-0.3, -0.25) is 28.8 Å². The number of fused-ring (bicyclic) bond motifs is 3. The third-order valence-corrected chi connectivity index (χ3v) is 15.0. The van der Waals surface area contributed by atoms with Crippen LogP contribution in [0.2, 0.25) is 0 Å². The zero-order valence-corrected chi connectivity index (χ0v) is 49.6. The predicted molar refractivity (Wildman–Crippen MR) is 290 cm³/mol. The van der Waals surface area contributed by atoms with Gasteiger partial charge in [-0.15, -0.1) is 10.2 Å². The van der Waals surface area contributed by atoms with Crippen molar-refractivity contribution in [3.8, 4) is 11.1 Å². The van der Waals surface area contributed by atoms with Crippen LogP contribution in [0.3, 0.4) is 0 Å². The first-order valence-corrected chi connectivity index (χ1v) is 28.5. The van der Waals surface area contributed by atoms with E-state index in [4.69, 9.17) is 47.4 Å². The van der Waals surface area contributed by atoms with Crippen molar-refractivity contribution in [1.82, 2.24) is 30.0 Å². The minimum Gasteiger partial charge on any atom is -0.479 e. The van der Waals surface area contributed by atoms with Gasteiger partial charge in [0.25, 0.3) is 0 Å². The Morgan fingerprint density at radius 2 is 0.831 bits per heavy atom. The summed E-state index contributed by atoms with van der Waals surface area (Å²) in [5.74, 6) is -8.10. The molecule has 28 heteroatoms. The molecule has 4 aromatic rings. The summed E-state index contributed by atoms with van der Waals surface area (Å²) in [6, 6.07) is 13.0. The molecule has 2 fully saturated rings. The van der Waals surface area contributed by atoms with E-state index < -0.39 is 109 Å². The first kappa shape index (κ1) is 63.9. The highest BCUT2D eigenvalue weighted by Crippen LogP contribution is 2.55. The van der Waals surface area contributed by atoms with Crippen LogP contribution in [0.1, 0.15) is 141 Å². The molecule has 2 aliphatic heterocycles. The molecule has 2 saturated heterocycles. The van der Waals surface area contributed by atoms with Crippen molar-refractivity contribution in [1.29, 1.82) is 0 Å². The number of ether oxygens (including phenoxy) is 10. The minimum atomic E-state index is -1.82. The first-order valence-electron chi connectivity index (χ1n) is 26.9. The van der Waals surface area contributed by atoms with Gasteiger partial charge in [0, 0.05) is 69.1 Å². The van der Waals surface area contributed by atoms with Crippen LogP contribution in [0.5, 0.6) is 0 Å². The van der Waals surface area contributed by atoms with Gasteiger partial charge in [-0.05, 0) is 72.2 Å². The fourth-order valence-corrected chi connectivity index (χ4v) is 11.6. The van der Waals surface area contributed by atoms with E-state index in [1.165, 1.54) is 34.6 Å². The van der Waals surface area contributed by atoms with Crippen LogP contribution in [0.25, 0.3) is 11.1 Å². The lowest BCUT2D eigenvalue weighted by Gasteiger charge is -2.42. The van der Waals surface area contributed by atoms with Gasteiger partial charge in [-0.2, -0.15) is 0 Å². The van der Waals surface area contributed by atoms with E-state index in [0.717, 1.165) is 124 Å². The molecule has 450 valence electrons. The van der Waals surface area contributed by atoms with E-state index in [9.17, 15) is 48.6 Å². The highest BCUT2D eigenvalue weighted by molar-refractivity contribution is 9.10. The van der Waals surface area contributed by atoms with Gasteiger partial charge >= 0.3 is 47.8 Å². The van der Waals surface area contributed by atoms with Crippen molar-refractivity contribution in [2.75, 3.05) is 13.2 Å². The van der Waals surface area contributed by atoms with Gasteiger partial charge in [0.15, 0.2) is 61.3 Å². The van der Waals surface area contributed by atoms with E-state index in [2.05, 4.69) is 88.9 Å². The van der Waals surface area contributed by atoms with Crippen molar-refractivity contribution >= 4 is 79.6 Å². The summed E-state index contributed by atoms with van der Waals surface area (Å²) in [5.41, 5.74) is 5.49. The number of rotatable bonds is 28. The minimum absolute atomic E-state index is 0.0466. The molecule has 0 amide bonds. The van der Waals surface area contributed by atoms with Gasteiger partial charge in [0.05, 0.1) is 25.6 Å². The Hall–Kier alpha value is -6.72. The Morgan fingerprint density at radius 1 is 0.494 bits per heavy atom. The van der Waals surface area contributed by atoms with E-state index in [0.29, 0.717) is 24.6 Å². The van der Waals surface area contributed by atoms with Gasteiger partial charge in [0.2, 0.25) is 0 Å². The van der Waals surface area contributed by atoms with Gasteiger partial charge in [-0.25, -0.2) is 19.0 Å². The molecule has 83 heavy (non-hydrogen) atoms. The average Bonchev–Trinajstić information content (AvgIpc) is 1.89. The standard InChI is InChI=1S/C55H66Br2N6O20/c1-29(64)76-43-45(78-31(3)66)49(53(70)71)82-51(47(43)80-33(5)68)62-25-37(58-60-62)27-74-21-13-9-7-11-19-55(41-23-35(56)15-17-39(41)40-18-16-36(57)24-42(40)55)20-12-8-10-14-22-75-28-38-26-63(61-59-38)52-48(81-34(6)69)44(77-30(2)65)46(79-32(4)67)50(83-52)54(72)73/h15-18,23-26,43-52H,7-14,19-22,27-28H2,1-6H3,(H,70,71)(H,72,73)/t43-,44+,45-,46+,47+,48-,49-,50+,51-,52-/m1/s1. The molecule has 2 aromatic heterocycles.